The van der Waals surface area contributed by atoms with Gasteiger partial charge in [-0.1, -0.05) is 42.3 Å². The Morgan fingerprint density at radius 3 is 2.50 bits per heavy atom. The highest BCUT2D eigenvalue weighted by molar-refractivity contribution is 6.42. The van der Waals surface area contributed by atoms with Crippen LogP contribution in [0.1, 0.15) is 25.5 Å². The third kappa shape index (κ3) is 3.89. The zero-order chi connectivity index (χ0) is 14.5. The quantitative estimate of drug-likeness (QED) is 0.792. The second kappa shape index (κ2) is 6.98. The highest BCUT2D eigenvalue weighted by Crippen LogP contribution is 2.30. The molecular weight excluding hydrogens is 293 g/mol. The van der Waals surface area contributed by atoms with E-state index in [4.69, 9.17) is 27.9 Å². The van der Waals surface area contributed by atoms with Crippen molar-refractivity contribution in [1.29, 1.82) is 0 Å². The third-order valence-electron chi connectivity index (χ3n) is 3.00. The van der Waals surface area contributed by atoms with Crippen molar-refractivity contribution in [3.8, 4) is 11.5 Å². The van der Waals surface area contributed by atoms with E-state index in [2.05, 4.69) is 25.2 Å². The molecule has 0 fully saturated rings. The van der Waals surface area contributed by atoms with Gasteiger partial charge in [0.2, 0.25) is 0 Å². The van der Waals surface area contributed by atoms with Crippen molar-refractivity contribution in [2.75, 3.05) is 6.54 Å². The number of hydrogen-bond donors (Lipinski definition) is 1. The van der Waals surface area contributed by atoms with E-state index >= 15 is 0 Å². The van der Waals surface area contributed by atoms with Gasteiger partial charge in [0.05, 0.1) is 10.0 Å². The van der Waals surface area contributed by atoms with Crippen LogP contribution in [0.4, 0.5) is 0 Å². The molecule has 0 aromatic heterocycles. The van der Waals surface area contributed by atoms with Gasteiger partial charge in [0.25, 0.3) is 0 Å². The molecule has 106 valence electrons. The topological polar surface area (TPSA) is 21.3 Å². The highest BCUT2D eigenvalue weighted by Gasteiger charge is 2.06. The molecule has 0 aliphatic carbocycles. The smallest absolute Gasteiger partial charge is 0.129 e. The molecule has 2 aromatic carbocycles. The molecule has 2 nitrogen and oxygen atoms in total. The summed E-state index contributed by atoms with van der Waals surface area (Å²) < 4.78 is 5.81. The fourth-order valence-electron chi connectivity index (χ4n) is 1.95. The molecule has 0 spiro atoms. The zero-order valence-corrected chi connectivity index (χ0v) is 13.0. The second-order valence-corrected chi connectivity index (χ2v) is 5.34. The van der Waals surface area contributed by atoms with Crippen molar-refractivity contribution in [3.05, 3.63) is 58.1 Å². The molecule has 0 saturated heterocycles. The lowest BCUT2D eigenvalue weighted by Crippen LogP contribution is -2.17. The highest BCUT2D eigenvalue weighted by atomic mass is 35.5. The maximum absolute atomic E-state index is 5.98. The summed E-state index contributed by atoms with van der Waals surface area (Å²) in [6.07, 6.45) is 0. The van der Waals surface area contributed by atoms with Crippen LogP contribution in [-0.4, -0.2) is 6.54 Å². The van der Waals surface area contributed by atoms with Crippen molar-refractivity contribution < 1.29 is 4.74 Å². The standard InChI is InChI=1S/C16H17Cl2NO/c1-3-19-11(2)12-5-4-6-13(9-12)20-14-7-8-15(17)16(18)10-14/h4-11,19H,3H2,1-2H3. The molecule has 0 heterocycles. The Hall–Kier alpha value is -1.22. The van der Waals surface area contributed by atoms with Gasteiger partial charge in [0.1, 0.15) is 11.5 Å². The monoisotopic (exact) mass is 309 g/mol. The van der Waals surface area contributed by atoms with Crippen molar-refractivity contribution in [3.63, 3.8) is 0 Å². The fraction of sp³-hybridized carbons (Fsp3) is 0.250. The van der Waals surface area contributed by atoms with Crippen molar-refractivity contribution in [2.45, 2.75) is 19.9 Å². The Labute approximate surface area is 129 Å². The first kappa shape index (κ1) is 15.2. The van der Waals surface area contributed by atoms with E-state index < -0.39 is 0 Å². The fourth-order valence-corrected chi connectivity index (χ4v) is 2.24. The molecule has 4 heteroatoms. The summed E-state index contributed by atoms with van der Waals surface area (Å²) in [6, 6.07) is 13.5. The van der Waals surface area contributed by atoms with Gasteiger partial charge in [0.15, 0.2) is 0 Å². The maximum atomic E-state index is 5.98. The summed E-state index contributed by atoms with van der Waals surface area (Å²) in [5.41, 5.74) is 1.18. The van der Waals surface area contributed by atoms with E-state index in [1.165, 1.54) is 5.56 Å². The molecule has 1 unspecified atom stereocenters. The van der Waals surface area contributed by atoms with Gasteiger partial charge in [-0.3, -0.25) is 0 Å². The minimum atomic E-state index is 0.289. The summed E-state index contributed by atoms with van der Waals surface area (Å²) in [6.45, 7) is 5.15. The lowest BCUT2D eigenvalue weighted by Gasteiger charge is -2.14. The van der Waals surface area contributed by atoms with E-state index in [1.54, 1.807) is 18.2 Å². The molecule has 0 saturated carbocycles. The number of nitrogens with one attached hydrogen (secondary N) is 1. The molecule has 20 heavy (non-hydrogen) atoms. The minimum absolute atomic E-state index is 0.289. The molecule has 2 rings (SSSR count). The molecule has 0 amide bonds. The average molecular weight is 310 g/mol. The Balaban J connectivity index is 2.16. The molecule has 0 radical (unpaired) electrons. The Morgan fingerprint density at radius 1 is 1.05 bits per heavy atom. The Morgan fingerprint density at radius 2 is 1.80 bits per heavy atom. The molecular formula is C16H17Cl2NO. The average Bonchev–Trinajstić information content (AvgIpc) is 2.43. The predicted octanol–water partition coefficient (Wildman–Crippen LogP) is 5.46. The molecule has 2 aromatic rings. The summed E-state index contributed by atoms with van der Waals surface area (Å²) in [4.78, 5) is 0. The lowest BCUT2D eigenvalue weighted by atomic mass is 10.1. The number of benzene rings is 2. The maximum Gasteiger partial charge on any atom is 0.129 e. The van der Waals surface area contributed by atoms with Crippen molar-refractivity contribution in [2.24, 2.45) is 0 Å². The van der Waals surface area contributed by atoms with Gasteiger partial charge >= 0.3 is 0 Å². The molecule has 1 N–H and O–H groups in total. The van der Waals surface area contributed by atoms with E-state index in [-0.39, 0.29) is 6.04 Å². The number of hydrogen-bond acceptors (Lipinski definition) is 2. The van der Waals surface area contributed by atoms with Crippen LogP contribution in [0.15, 0.2) is 42.5 Å². The molecule has 0 aliphatic heterocycles. The van der Waals surface area contributed by atoms with E-state index in [1.807, 2.05) is 18.2 Å². The summed E-state index contributed by atoms with van der Waals surface area (Å²) in [7, 11) is 0. The normalized spacial score (nSPS) is 12.2. The Bertz CT molecular complexity index is 586. The van der Waals surface area contributed by atoms with Gasteiger partial charge in [-0.05, 0) is 43.3 Å². The van der Waals surface area contributed by atoms with Crippen LogP contribution in [0.25, 0.3) is 0 Å². The van der Waals surface area contributed by atoms with Crippen LogP contribution < -0.4 is 10.1 Å². The summed E-state index contributed by atoms with van der Waals surface area (Å²) in [5, 5.41) is 4.38. The van der Waals surface area contributed by atoms with Crippen LogP contribution in [-0.2, 0) is 0 Å². The second-order valence-electron chi connectivity index (χ2n) is 4.53. The van der Waals surface area contributed by atoms with E-state index in [0.29, 0.717) is 15.8 Å². The molecule has 0 bridgehead atoms. The lowest BCUT2D eigenvalue weighted by molar-refractivity contribution is 0.480. The first-order valence-corrected chi connectivity index (χ1v) is 7.32. The number of halogens is 2. The Kier molecular flexibility index (Phi) is 5.30. The first-order valence-electron chi connectivity index (χ1n) is 6.56. The summed E-state index contributed by atoms with van der Waals surface area (Å²) in [5.74, 6) is 1.46. The van der Waals surface area contributed by atoms with Gasteiger partial charge in [-0.2, -0.15) is 0 Å². The van der Waals surface area contributed by atoms with E-state index in [9.17, 15) is 0 Å². The van der Waals surface area contributed by atoms with Crippen molar-refractivity contribution >= 4 is 23.2 Å². The third-order valence-corrected chi connectivity index (χ3v) is 3.73. The number of ether oxygens (including phenoxy) is 1. The van der Waals surface area contributed by atoms with Gasteiger partial charge in [-0.25, -0.2) is 0 Å². The minimum Gasteiger partial charge on any atom is -0.457 e. The van der Waals surface area contributed by atoms with Gasteiger partial charge in [-0.15, -0.1) is 0 Å². The van der Waals surface area contributed by atoms with E-state index in [0.717, 1.165) is 12.3 Å². The van der Waals surface area contributed by atoms with Gasteiger partial charge in [0, 0.05) is 12.1 Å². The zero-order valence-electron chi connectivity index (χ0n) is 11.5. The number of rotatable bonds is 5. The predicted molar refractivity (Wildman–Crippen MR) is 85.1 cm³/mol. The molecule has 0 aliphatic rings. The van der Waals surface area contributed by atoms with Crippen molar-refractivity contribution in [1.82, 2.24) is 5.32 Å². The SMILES string of the molecule is CCNC(C)c1cccc(Oc2ccc(Cl)c(Cl)c2)c1. The first-order chi connectivity index (χ1) is 9.60. The largest absolute Gasteiger partial charge is 0.457 e. The van der Waals surface area contributed by atoms with Crippen LogP contribution in [0, 0.1) is 0 Å². The van der Waals surface area contributed by atoms with Crippen LogP contribution in [0.5, 0.6) is 11.5 Å². The van der Waals surface area contributed by atoms with Gasteiger partial charge < -0.3 is 10.1 Å². The van der Waals surface area contributed by atoms with Crippen LogP contribution >= 0.6 is 23.2 Å². The van der Waals surface area contributed by atoms with Crippen LogP contribution in [0.3, 0.4) is 0 Å². The molecule has 1 atom stereocenters. The van der Waals surface area contributed by atoms with Crippen LogP contribution in [0.2, 0.25) is 10.0 Å². The summed E-state index contributed by atoms with van der Waals surface area (Å²) >= 11 is 11.9.